The fourth-order valence-corrected chi connectivity index (χ4v) is 2.53. The SMILES string of the molecule is COc1ccc(NC(=O)CN(C)Cc2ccc(C(F)(F)F)cc2)cc1OC. The first-order valence-corrected chi connectivity index (χ1v) is 8.09. The van der Waals surface area contributed by atoms with Gasteiger partial charge >= 0.3 is 6.18 Å². The number of likely N-dealkylation sites (N-methyl/N-ethyl adjacent to an activating group) is 1. The van der Waals surface area contributed by atoms with Gasteiger partial charge in [-0.15, -0.1) is 0 Å². The lowest BCUT2D eigenvalue weighted by Crippen LogP contribution is -2.29. The highest BCUT2D eigenvalue weighted by Gasteiger charge is 2.29. The van der Waals surface area contributed by atoms with Crippen molar-refractivity contribution in [3.8, 4) is 11.5 Å². The number of benzene rings is 2. The van der Waals surface area contributed by atoms with Crippen LogP contribution in [0.1, 0.15) is 11.1 Å². The van der Waals surface area contributed by atoms with Crippen molar-refractivity contribution in [2.24, 2.45) is 0 Å². The molecule has 0 atom stereocenters. The molecular weight excluding hydrogens is 361 g/mol. The summed E-state index contributed by atoms with van der Waals surface area (Å²) >= 11 is 0. The number of alkyl halides is 3. The summed E-state index contributed by atoms with van der Waals surface area (Å²) in [7, 11) is 4.74. The summed E-state index contributed by atoms with van der Waals surface area (Å²) in [5.41, 5.74) is 0.546. The number of nitrogens with one attached hydrogen (secondary N) is 1. The Hall–Kier alpha value is -2.74. The van der Waals surface area contributed by atoms with Crippen LogP contribution in [0.2, 0.25) is 0 Å². The maximum absolute atomic E-state index is 12.6. The summed E-state index contributed by atoms with van der Waals surface area (Å²) in [4.78, 5) is 13.9. The van der Waals surface area contributed by atoms with Crippen LogP contribution in [0.5, 0.6) is 11.5 Å². The standard InChI is InChI=1S/C19H21F3N2O3/c1-24(11-13-4-6-14(7-5-13)19(20,21)22)12-18(25)23-15-8-9-16(26-2)17(10-15)27-3/h4-10H,11-12H2,1-3H3,(H,23,25). The largest absolute Gasteiger partial charge is 0.493 e. The molecule has 1 amide bonds. The summed E-state index contributed by atoms with van der Waals surface area (Å²) in [6, 6.07) is 9.90. The second-order valence-electron chi connectivity index (χ2n) is 5.98. The smallest absolute Gasteiger partial charge is 0.416 e. The van der Waals surface area contributed by atoms with E-state index in [1.165, 1.54) is 26.4 Å². The van der Waals surface area contributed by atoms with Gasteiger partial charge in [-0.1, -0.05) is 12.1 Å². The van der Waals surface area contributed by atoms with E-state index in [0.717, 1.165) is 12.1 Å². The van der Waals surface area contributed by atoms with Gasteiger partial charge in [-0.2, -0.15) is 13.2 Å². The molecule has 1 N–H and O–H groups in total. The highest BCUT2D eigenvalue weighted by Crippen LogP contribution is 2.30. The van der Waals surface area contributed by atoms with Gasteiger partial charge in [0.1, 0.15) is 0 Å². The van der Waals surface area contributed by atoms with Crippen molar-refractivity contribution in [1.29, 1.82) is 0 Å². The summed E-state index contributed by atoms with van der Waals surface area (Å²) in [6.45, 7) is 0.423. The van der Waals surface area contributed by atoms with E-state index in [0.29, 0.717) is 29.3 Å². The highest BCUT2D eigenvalue weighted by atomic mass is 19.4. The average molecular weight is 382 g/mol. The van der Waals surface area contributed by atoms with Gasteiger partial charge in [0.2, 0.25) is 5.91 Å². The van der Waals surface area contributed by atoms with Gasteiger partial charge in [-0.3, -0.25) is 9.69 Å². The number of nitrogens with zero attached hydrogens (tertiary/aromatic N) is 1. The molecule has 5 nitrogen and oxygen atoms in total. The Morgan fingerprint density at radius 3 is 2.22 bits per heavy atom. The third kappa shape index (κ3) is 5.89. The fourth-order valence-electron chi connectivity index (χ4n) is 2.53. The van der Waals surface area contributed by atoms with Crippen molar-refractivity contribution in [2.45, 2.75) is 12.7 Å². The molecule has 0 aliphatic carbocycles. The van der Waals surface area contributed by atoms with Crippen LogP contribution in [0, 0.1) is 0 Å². The van der Waals surface area contributed by atoms with Crippen molar-refractivity contribution in [3.05, 3.63) is 53.6 Å². The maximum Gasteiger partial charge on any atom is 0.416 e. The van der Waals surface area contributed by atoms with Crippen molar-refractivity contribution in [2.75, 3.05) is 33.1 Å². The Bertz CT molecular complexity index is 777. The monoisotopic (exact) mass is 382 g/mol. The molecular formula is C19H21F3N2O3. The maximum atomic E-state index is 12.6. The second kappa shape index (κ2) is 8.77. The number of amides is 1. The van der Waals surface area contributed by atoms with Crippen molar-refractivity contribution >= 4 is 11.6 Å². The molecule has 8 heteroatoms. The molecule has 27 heavy (non-hydrogen) atoms. The number of hydrogen-bond acceptors (Lipinski definition) is 4. The molecule has 0 aliphatic heterocycles. The lowest BCUT2D eigenvalue weighted by atomic mass is 10.1. The predicted molar refractivity (Wildman–Crippen MR) is 96.0 cm³/mol. The molecule has 0 radical (unpaired) electrons. The lowest BCUT2D eigenvalue weighted by molar-refractivity contribution is -0.137. The van der Waals surface area contributed by atoms with Crippen LogP contribution < -0.4 is 14.8 Å². The van der Waals surface area contributed by atoms with Gasteiger partial charge in [-0.05, 0) is 36.9 Å². The van der Waals surface area contributed by atoms with Crippen LogP contribution >= 0.6 is 0 Å². The van der Waals surface area contributed by atoms with Crippen molar-refractivity contribution in [1.82, 2.24) is 4.90 Å². The minimum atomic E-state index is -4.36. The summed E-state index contributed by atoms with van der Waals surface area (Å²) < 4.78 is 48.1. The molecule has 0 saturated heterocycles. The zero-order chi connectivity index (χ0) is 20.0. The predicted octanol–water partition coefficient (Wildman–Crippen LogP) is 3.79. The number of rotatable bonds is 7. The normalized spacial score (nSPS) is 11.4. The van der Waals surface area contributed by atoms with Crippen molar-refractivity contribution < 1.29 is 27.4 Å². The van der Waals surface area contributed by atoms with Gasteiger partial charge in [0.15, 0.2) is 11.5 Å². The summed E-state index contributed by atoms with van der Waals surface area (Å²) in [6.07, 6.45) is -4.36. The van der Waals surface area contributed by atoms with Crippen LogP contribution in [0.15, 0.2) is 42.5 Å². The summed E-state index contributed by atoms with van der Waals surface area (Å²) in [5.74, 6) is 0.792. The van der Waals surface area contributed by atoms with Gasteiger partial charge in [0.05, 0.1) is 26.3 Å². The molecule has 0 unspecified atom stereocenters. The minimum Gasteiger partial charge on any atom is -0.493 e. The molecule has 2 aromatic carbocycles. The Kier molecular flexibility index (Phi) is 6.68. The Balaban J connectivity index is 1.92. The molecule has 146 valence electrons. The fraction of sp³-hybridized carbons (Fsp3) is 0.316. The van der Waals surface area contributed by atoms with Crippen LogP contribution in [-0.2, 0) is 17.5 Å². The van der Waals surface area contributed by atoms with E-state index in [1.807, 2.05) is 0 Å². The zero-order valence-electron chi connectivity index (χ0n) is 15.3. The number of ether oxygens (including phenoxy) is 2. The number of carbonyl (C=O) groups excluding carboxylic acids is 1. The minimum absolute atomic E-state index is 0.0787. The molecule has 0 aliphatic rings. The first-order valence-electron chi connectivity index (χ1n) is 8.09. The molecule has 0 fully saturated rings. The van der Waals surface area contributed by atoms with Crippen LogP contribution in [0.25, 0.3) is 0 Å². The number of methoxy groups -OCH3 is 2. The van der Waals surface area contributed by atoms with Gasteiger partial charge in [0.25, 0.3) is 0 Å². The number of halogens is 3. The number of carbonyl (C=O) groups is 1. The molecule has 0 spiro atoms. The van der Waals surface area contributed by atoms with E-state index in [-0.39, 0.29) is 12.5 Å². The van der Waals surface area contributed by atoms with Crippen molar-refractivity contribution in [3.63, 3.8) is 0 Å². The topological polar surface area (TPSA) is 50.8 Å². The second-order valence-corrected chi connectivity index (χ2v) is 5.98. The Morgan fingerprint density at radius 2 is 1.67 bits per heavy atom. The molecule has 0 bridgehead atoms. The van der Waals surface area contributed by atoms with Crippen LogP contribution in [-0.4, -0.2) is 38.6 Å². The van der Waals surface area contributed by atoms with E-state index in [4.69, 9.17) is 9.47 Å². The first kappa shape index (κ1) is 20.6. The van der Waals surface area contributed by atoms with E-state index in [1.54, 1.807) is 30.1 Å². The van der Waals surface area contributed by atoms with Gasteiger partial charge in [0, 0.05) is 18.3 Å². The average Bonchev–Trinajstić information content (AvgIpc) is 2.61. The number of hydrogen-bond donors (Lipinski definition) is 1. The molecule has 0 saturated carbocycles. The highest BCUT2D eigenvalue weighted by molar-refractivity contribution is 5.92. The van der Waals surface area contributed by atoms with E-state index in [2.05, 4.69) is 5.32 Å². The van der Waals surface area contributed by atoms with E-state index >= 15 is 0 Å². The van der Waals surface area contributed by atoms with E-state index in [9.17, 15) is 18.0 Å². The molecule has 2 rings (SSSR count). The van der Waals surface area contributed by atoms with Crippen LogP contribution in [0.3, 0.4) is 0 Å². The first-order chi connectivity index (χ1) is 12.7. The quantitative estimate of drug-likeness (QED) is 0.792. The third-order valence-corrected chi connectivity index (χ3v) is 3.81. The molecule has 0 heterocycles. The van der Waals surface area contributed by atoms with Crippen LogP contribution in [0.4, 0.5) is 18.9 Å². The molecule has 2 aromatic rings. The van der Waals surface area contributed by atoms with E-state index < -0.39 is 11.7 Å². The number of anilines is 1. The zero-order valence-corrected chi connectivity index (χ0v) is 15.3. The van der Waals surface area contributed by atoms with Gasteiger partial charge < -0.3 is 14.8 Å². The lowest BCUT2D eigenvalue weighted by Gasteiger charge is -2.17. The Labute approximate surface area is 155 Å². The van der Waals surface area contributed by atoms with Gasteiger partial charge in [-0.25, -0.2) is 0 Å². The third-order valence-electron chi connectivity index (χ3n) is 3.81. The summed E-state index contributed by atoms with van der Waals surface area (Å²) in [5, 5.41) is 2.75. The Morgan fingerprint density at radius 1 is 1.04 bits per heavy atom. The molecule has 0 aromatic heterocycles.